The van der Waals surface area contributed by atoms with E-state index in [-0.39, 0.29) is 10.8 Å². The van der Waals surface area contributed by atoms with Gasteiger partial charge in [0.2, 0.25) is 0 Å². The van der Waals surface area contributed by atoms with Gasteiger partial charge in [-0.1, -0.05) is 37.6 Å². The second kappa shape index (κ2) is 7.46. The molecule has 0 N–H and O–H groups in total. The van der Waals surface area contributed by atoms with Crippen LogP contribution in [0.5, 0.6) is 11.5 Å². The summed E-state index contributed by atoms with van der Waals surface area (Å²) in [5, 5.41) is 0.262. The van der Waals surface area contributed by atoms with E-state index in [4.69, 9.17) is 17.0 Å². The molecule has 0 atom stereocenters. The molecule has 2 aromatic carbocycles. The van der Waals surface area contributed by atoms with E-state index in [0.29, 0.717) is 5.75 Å². The lowest BCUT2D eigenvalue weighted by atomic mass is 10.1. The monoisotopic (exact) mass is 340 g/mol. The van der Waals surface area contributed by atoms with Crippen molar-refractivity contribution in [2.75, 3.05) is 0 Å². The fourth-order valence-corrected chi connectivity index (χ4v) is 2.20. The Kier molecular flexibility index (Phi) is 5.60. The molecular weight excluding hydrogens is 325 g/mol. The largest absolute Gasteiger partial charge is 0.573 e. The van der Waals surface area contributed by atoms with E-state index in [1.54, 1.807) is 0 Å². The van der Waals surface area contributed by atoms with Gasteiger partial charge in [0.05, 0.1) is 0 Å². The first-order valence-corrected chi connectivity index (χ1v) is 7.45. The molecule has 0 amide bonds. The molecule has 0 aliphatic carbocycles. The van der Waals surface area contributed by atoms with Crippen LogP contribution in [0.4, 0.5) is 13.2 Å². The van der Waals surface area contributed by atoms with Crippen molar-refractivity contribution in [2.24, 2.45) is 0 Å². The van der Waals surface area contributed by atoms with Crippen LogP contribution in [0.25, 0.3) is 0 Å². The first kappa shape index (κ1) is 17.3. The van der Waals surface area contributed by atoms with Crippen LogP contribution in [0.3, 0.4) is 0 Å². The molecule has 0 heterocycles. The molecule has 2 aromatic rings. The third kappa shape index (κ3) is 5.56. The van der Waals surface area contributed by atoms with Crippen molar-refractivity contribution < 1.29 is 22.6 Å². The average molecular weight is 340 g/mol. The molecule has 0 aromatic heterocycles. The summed E-state index contributed by atoms with van der Waals surface area (Å²) in [4.78, 5) is 0. The SMILES string of the molecule is CCCc1ccc(C(=S)Oc2ccc(OC(F)(F)F)cc2)cc1. The zero-order valence-corrected chi connectivity index (χ0v) is 13.2. The van der Waals surface area contributed by atoms with Crippen LogP contribution >= 0.6 is 12.2 Å². The van der Waals surface area contributed by atoms with E-state index in [1.165, 1.54) is 29.8 Å². The molecule has 0 radical (unpaired) electrons. The van der Waals surface area contributed by atoms with Crippen molar-refractivity contribution in [1.29, 1.82) is 0 Å². The molecule has 122 valence electrons. The number of benzene rings is 2. The quantitative estimate of drug-likeness (QED) is 0.689. The second-order valence-corrected chi connectivity index (χ2v) is 5.23. The smallest absolute Gasteiger partial charge is 0.445 e. The number of hydrogen-bond acceptors (Lipinski definition) is 3. The fourth-order valence-electron chi connectivity index (χ4n) is 1.97. The molecule has 0 bridgehead atoms. The summed E-state index contributed by atoms with van der Waals surface area (Å²) in [6.07, 6.45) is -2.65. The summed E-state index contributed by atoms with van der Waals surface area (Å²) < 4.78 is 45.5. The summed E-state index contributed by atoms with van der Waals surface area (Å²) in [7, 11) is 0. The third-order valence-electron chi connectivity index (χ3n) is 3.00. The Morgan fingerprint density at radius 1 is 0.957 bits per heavy atom. The highest BCUT2D eigenvalue weighted by Gasteiger charge is 2.30. The molecule has 0 aliphatic rings. The van der Waals surface area contributed by atoms with Gasteiger partial charge in [-0.2, -0.15) is 0 Å². The molecule has 0 saturated heterocycles. The van der Waals surface area contributed by atoms with Crippen molar-refractivity contribution in [3.8, 4) is 11.5 Å². The number of rotatable bonds is 5. The van der Waals surface area contributed by atoms with E-state index in [1.807, 2.05) is 24.3 Å². The molecule has 6 heteroatoms. The number of alkyl halides is 3. The van der Waals surface area contributed by atoms with Crippen LogP contribution in [0.2, 0.25) is 0 Å². The normalized spacial score (nSPS) is 11.1. The lowest BCUT2D eigenvalue weighted by Crippen LogP contribution is -2.17. The first-order valence-electron chi connectivity index (χ1n) is 7.04. The van der Waals surface area contributed by atoms with E-state index < -0.39 is 6.36 Å². The van der Waals surface area contributed by atoms with Crippen LogP contribution < -0.4 is 9.47 Å². The Hall–Kier alpha value is -2.08. The van der Waals surface area contributed by atoms with Gasteiger partial charge in [0, 0.05) is 5.56 Å². The van der Waals surface area contributed by atoms with Gasteiger partial charge >= 0.3 is 6.36 Å². The maximum absolute atomic E-state index is 12.1. The molecule has 23 heavy (non-hydrogen) atoms. The third-order valence-corrected chi connectivity index (χ3v) is 3.32. The molecule has 2 nitrogen and oxygen atoms in total. The first-order chi connectivity index (χ1) is 10.9. The Morgan fingerprint density at radius 3 is 2.04 bits per heavy atom. The van der Waals surface area contributed by atoms with E-state index in [2.05, 4.69) is 11.7 Å². The number of halogens is 3. The maximum atomic E-state index is 12.1. The highest BCUT2D eigenvalue weighted by atomic mass is 32.1. The van der Waals surface area contributed by atoms with Crippen molar-refractivity contribution in [3.63, 3.8) is 0 Å². The Labute approximate surface area is 137 Å². The summed E-state index contributed by atoms with van der Waals surface area (Å²) >= 11 is 5.20. The molecule has 0 saturated carbocycles. The molecular formula is C17H15F3O2S. The van der Waals surface area contributed by atoms with Crippen molar-refractivity contribution in [3.05, 3.63) is 59.7 Å². The number of ether oxygens (including phenoxy) is 2. The predicted molar refractivity (Wildman–Crippen MR) is 85.9 cm³/mol. The highest BCUT2D eigenvalue weighted by Crippen LogP contribution is 2.25. The zero-order valence-electron chi connectivity index (χ0n) is 12.4. The van der Waals surface area contributed by atoms with E-state index in [0.717, 1.165) is 18.4 Å². The van der Waals surface area contributed by atoms with Gasteiger partial charge in [-0.25, -0.2) is 0 Å². The second-order valence-electron chi connectivity index (χ2n) is 4.86. The van der Waals surface area contributed by atoms with Crippen LogP contribution in [-0.4, -0.2) is 11.4 Å². The number of thiocarbonyl (C=S) groups is 1. The summed E-state index contributed by atoms with van der Waals surface area (Å²) in [6.45, 7) is 2.10. The summed E-state index contributed by atoms with van der Waals surface area (Å²) in [6, 6.07) is 12.8. The van der Waals surface area contributed by atoms with Gasteiger partial charge in [0.15, 0.2) is 5.05 Å². The van der Waals surface area contributed by atoms with Crippen LogP contribution in [0.1, 0.15) is 24.5 Å². The van der Waals surface area contributed by atoms with Crippen LogP contribution in [-0.2, 0) is 6.42 Å². The Morgan fingerprint density at radius 2 is 1.52 bits per heavy atom. The fraction of sp³-hybridized carbons (Fsp3) is 0.235. The van der Waals surface area contributed by atoms with Crippen LogP contribution in [0.15, 0.2) is 48.5 Å². The lowest BCUT2D eigenvalue weighted by molar-refractivity contribution is -0.274. The van der Waals surface area contributed by atoms with Crippen molar-refractivity contribution >= 4 is 17.3 Å². The number of aryl methyl sites for hydroxylation is 1. The minimum Gasteiger partial charge on any atom is -0.445 e. The van der Waals surface area contributed by atoms with E-state index in [9.17, 15) is 13.2 Å². The van der Waals surface area contributed by atoms with Gasteiger partial charge in [0.25, 0.3) is 0 Å². The summed E-state index contributed by atoms with van der Waals surface area (Å²) in [5.41, 5.74) is 1.96. The molecule has 0 aliphatic heterocycles. The van der Waals surface area contributed by atoms with Crippen LogP contribution in [0, 0.1) is 0 Å². The van der Waals surface area contributed by atoms with Gasteiger partial charge in [-0.15, -0.1) is 13.2 Å². The predicted octanol–water partition coefficient (Wildman–Crippen LogP) is 5.29. The molecule has 0 spiro atoms. The molecule has 0 unspecified atom stereocenters. The Balaban J connectivity index is 1.99. The molecule has 2 rings (SSSR count). The van der Waals surface area contributed by atoms with Gasteiger partial charge in [-0.3, -0.25) is 0 Å². The van der Waals surface area contributed by atoms with E-state index >= 15 is 0 Å². The minimum atomic E-state index is -4.71. The minimum absolute atomic E-state index is 0.262. The van der Waals surface area contributed by atoms with Gasteiger partial charge in [-0.05, 0) is 48.5 Å². The topological polar surface area (TPSA) is 18.5 Å². The highest BCUT2D eigenvalue weighted by molar-refractivity contribution is 7.80. The van der Waals surface area contributed by atoms with Gasteiger partial charge < -0.3 is 9.47 Å². The number of hydrogen-bond donors (Lipinski definition) is 0. The maximum Gasteiger partial charge on any atom is 0.573 e. The average Bonchev–Trinajstić information content (AvgIpc) is 2.49. The lowest BCUT2D eigenvalue weighted by Gasteiger charge is -2.10. The van der Waals surface area contributed by atoms with Crippen molar-refractivity contribution in [1.82, 2.24) is 0 Å². The summed E-state index contributed by atoms with van der Waals surface area (Å²) in [5.74, 6) is 0.0434. The standard InChI is InChI=1S/C17H15F3O2S/c1-2-3-12-4-6-13(7-5-12)16(23)21-14-8-10-15(11-9-14)22-17(18,19)20/h4-11H,2-3H2,1H3. The Bertz CT molecular complexity index is 649. The zero-order chi connectivity index (χ0) is 16.9. The van der Waals surface area contributed by atoms with Gasteiger partial charge in [0.1, 0.15) is 11.5 Å². The van der Waals surface area contributed by atoms with Crippen molar-refractivity contribution in [2.45, 2.75) is 26.1 Å². The molecule has 0 fully saturated rings.